The van der Waals surface area contributed by atoms with Crippen molar-refractivity contribution in [3.05, 3.63) is 60.1 Å². The van der Waals surface area contributed by atoms with Gasteiger partial charge in [-0.15, -0.1) is 11.8 Å². The lowest BCUT2D eigenvalue weighted by Gasteiger charge is -2.17. The van der Waals surface area contributed by atoms with E-state index in [1.54, 1.807) is 31.5 Å². The number of benzene rings is 1. The summed E-state index contributed by atoms with van der Waals surface area (Å²) in [6.07, 6.45) is 7.83. The minimum Gasteiger partial charge on any atom is -0.457 e. The van der Waals surface area contributed by atoms with Gasteiger partial charge in [0, 0.05) is 30.1 Å². The third-order valence-corrected chi connectivity index (χ3v) is 5.09. The summed E-state index contributed by atoms with van der Waals surface area (Å²) in [6, 6.07) is 10.9. The van der Waals surface area contributed by atoms with E-state index in [2.05, 4.69) is 30.8 Å². The number of ketones is 1. The van der Waals surface area contributed by atoms with Gasteiger partial charge in [-0.3, -0.25) is 15.2 Å². The summed E-state index contributed by atoms with van der Waals surface area (Å²) in [4.78, 5) is 29.4. The smallest absolute Gasteiger partial charge is 0.243 e. The quantitative estimate of drug-likeness (QED) is 0.609. The SMILES string of the molecule is CC.CC/C1=C(\C(C)=O)CC(SC)=N/C=N/C(=Nc2ccc(Oc3ccncc3)cc2)NN1. The number of nitrogens with one attached hydrogen (secondary N) is 2. The van der Waals surface area contributed by atoms with Gasteiger partial charge in [0.2, 0.25) is 5.96 Å². The molecule has 1 aromatic carbocycles. The standard InChI is InChI=1S/C22H24N6O2S.C2H6/c1-4-20-19(15(2)29)13-21(31-3)24-14-25-22(28-27-20)26-16-5-7-17(8-6-16)30-18-9-11-23-12-10-18;1-2/h5-12,14,27H,4,13H2,1-3H3,(H,26,28);1-2H3/b20-19+,24-21?,25-14+;. The molecule has 9 heteroatoms. The number of aromatic nitrogens is 1. The number of Topliss-reactive ketones (excluding diaryl/α,β-unsaturated/α-hetero) is 1. The van der Waals surface area contributed by atoms with E-state index in [4.69, 9.17) is 4.74 Å². The number of aliphatic imine (C=N–C) groups is 3. The number of nitrogens with zero attached hydrogens (tertiary/aromatic N) is 4. The molecule has 0 atom stereocenters. The second kappa shape index (κ2) is 13.8. The van der Waals surface area contributed by atoms with Gasteiger partial charge in [-0.2, -0.15) is 4.99 Å². The van der Waals surface area contributed by atoms with E-state index < -0.39 is 0 Å². The normalized spacial score (nSPS) is 18.1. The van der Waals surface area contributed by atoms with Crippen molar-refractivity contribution >= 4 is 40.6 Å². The maximum atomic E-state index is 12.2. The molecule has 3 rings (SSSR count). The number of ether oxygens (including phenoxy) is 1. The number of carbonyl (C=O) groups is 1. The van der Waals surface area contributed by atoms with Crippen molar-refractivity contribution in [3.63, 3.8) is 0 Å². The Hall–Kier alpha value is -3.46. The highest BCUT2D eigenvalue weighted by Gasteiger charge is 2.15. The van der Waals surface area contributed by atoms with Crippen LogP contribution in [0.5, 0.6) is 11.5 Å². The number of rotatable bonds is 5. The molecular weight excluding hydrogens is 436 g/mol. The monoisotopic (exact) mass is 466 g/mol. The van der Waals surface area contributed by atoms with Gasteiger partial charge in [0.15, 0.2) is 5.78 Å². The number of allylic oxidation sites excluding steroid dienone is 2. The maximum Gasteiger partial charge on any atom is 0.243 e. The van der Waals surface area contributed by atoms with Crippen LogP contribution >= 0.6 is 11.8 Å². The molecule has 0 bridgehead atoms. The molecule has 8 nitrogen and oxygen atoms in total. The Bertz CT molecular complexity index is 1030. The van der Waals surface area contributed by atoms with Crippen molar-refractivity contribution in [2.24, 2.45) is 15.0 Å². The fraction of sp³-hybridized carbons (Fsp3) is 0.292. The van der Waals surface area contributed by atoms with E-state index in [1.165, 1.54) is 18.1 Å². The molecule has 0 fully saturated rings. The van der Waals surface area contributed by atoms with E-state index in [9.17, 15) is 4.79 Å². The highest BCUT2D eigenvalue weighted by atomic mass is 32.2. The molecule has 2 N–H and O–H groups in total. The van der Waals surface area contributed by atoms with Gasteiger partial charge in [-0.05, 0) is 56.0 Å². The summed E-state index contributed by atoms with van der Waals surface area (Å²) >= 11 is 1.49. The average molecular weight is 467 g/mol. The topological polar surface area (TPSA) is 100 Å². The van der Waals surface area contributed by atoms with Crippen LogP contribution in [0.25, 0.3) is 0 Å². The van der Waals surface area contributed by atoms with E-state index in [1.807, 2.05) is 51.3 Å². The Balaban J connectivity index is 0.00000187. The minimum atomic E-state index is 0.00804. The number of guanidine groups is 1. The average Bonchev–Trinajstić information content (AvgIpc) is 2.85. The predicted molar refractivity (Wildman–Crippen MR) is 138 cm³/mol. The van der Waals surface area contributed by atoms with Gasteiger partial charge in [0.25, 0.3) is 0 Å². The number of pyridine rings is 1. The highest BCUT2D eigenvalue weighted by Crippen LogP contribution is 2.23. The Morgan fingerprint density at radius 1 is 1.09 bits per heavy atom. The lowest BCUT2D eigenvalue weighted by atomic mass is 10.1. The van der Waals surface area contributed by atoms with Crippen LogP contribution in [-0.4, -0.2) is 34.4 Å². The van der Waals surface area contributed by atoms with E-state index in [0.29, 0.717) is 41.6 Å². The minimum absolute atomic E-state index is 0.00804. The predicted octanol–water partition coefficient (Wildman–Crippen LogP) is 5.43. The molecule has 174 valence electrons. The maximum absolute atomic E-state index is 12.2. The van der Waals surface area contributed by atoms with Crippen molar-refractivity contribution in [1.29, 1.82) is 0 Å². The number of thioether (sulfide) groups is 1. The summed E-state index contributed by atoms with van der Waals surface area (Å²) in [6.45, 7) is 7.55. The molecular formula is C24H30N6O2S. The molecule has 1 aliphatic heterocycles. The molecule has 33 heavy (non-hydrogen) atoms. The number of carbonyl (C=O) groups excluding carboxylic acids is 1. The summed E-state index contributed by atoms with van der Waals surface area (Å²) in [7, 11) is 0. The Morgan fingerprint density at radius 3 is 2.36 bits per heavy atom. The van der Waals surface area contributed by atoms with Crippen molar-refractivity contribution in [1.82, 2.24) is 15.8 Å². The van der Waals surface area contributed by atoms with Crippen LogP contribution in [0.2, 0.25) is 0 Å². The Morgan fingerprint density at radius 2 is 1.76 bits per heavy atom. The molecule has 0 amide bonds. The summed E-state index contributed by atoms with van der Waals surface area (Å²) < 4.78 is 5.77. The van der Waals surface area contributed by atoms with Crippen LogP contribution in [0.4, 0.5) is 5.69 Å². The fourth-order valence-electron chi connectivity index (χ4n) is 2.76. The molecule has 2 aromatic rings. The second-order valence-electron chi connectivity index (χ2n) is 6.48. The van der Waals surface area contributed by atoms with Crippen LogP contribution in [0.1, 0.15) is 40.5 Å². The zero-order valence-electron chi connectivity index (χ0n) is 19.6. The first-order valence-corrected chi connectivity index (χ1v) is 12.0. The number of hydrogen-bond donors (Lipinski definition) is 2. The second-order valence-corrected chi connectivity index (χ2v) is 7.36. The van der Waals surface area contributed by atoms with Gasteiger partial charge in [-0.1, -0.05) is 20.8 Å². The van der Waals surface area contributed by atoms with Crippen LogP contribution in [-0.2, 0) is 4.79 Å². The lowest BCUT2D eigenvalue weighted by Crippen LogP contribution is -2.37. The molecule has 0 spiro atoms. The van der Waals surface area contributed by atoms with Crippen molar-refractivity contribution in [3.8, 4) is 11.5 Å². The summed E-state index contributed by atoms with van der Waals surface area (Å²) in [5, 5.41) is 0.806. The largest absolute Gasteiger partial charge is 0.457 e. The molecule has 0 saturated heterocycles. The first-order valence-electron chi connectivity index (χ1n) is 10.7. The van der Waals surface area contributed by atoms with Crippen LogP contribution in [0, 0.1) is 0 Å². The number of hydrazine groups is 1. The van der Waals surface area contributed by atoms with E-state index in [-0.39, 0.29) is 5.78 Å². The van der Waals surface area contributed by atoms with Crippen molar-refractivity contribution in [2.75, 3.05) is 6.26 Å². The van der Waals surface area contributed by atoms with Crippen LogP contribution in [0.15, 0.2) is 75.0 Å². The molecule has 1 aromatic heterocycles. The van der Waals surface area contributed by atoms with Gasteiger partial charge in [0.1, 0.15) is 17.8 Å². The van der Waals surface area contributed by atoms with Gasteiger partial charge < -0.3 is 10.2 Å². The number of hydrogen-bond acceptors (Lipinski definition) is 7. The van der Waals surface area contributed by atoms with E-state index >= 15 is 0 Å². The molecule has 0 unspecified atom stereocenters. The van der Waals surface area contributed by atoms with E-state index in [0.717, 1.165) is 10.7 Å². The molecule has 0 saturated carbocycles. The summed E-state index contributed by atoms with van der Waals surface area (Å²) in [5.41, 5.74) is 8.25. The molecule has 1 aliphatic rings. The van der Waals surface area contributed by atoms with Crippen LogP contribution < -0.4 is 15.6 Å². The first-order chi connectivity index (χ1) is 16.1. The van der Waals surface area contributed by atoms with Crippen molar-refractivity contribution < 1.29 is 9.53 Å². The first kappa shape index (κ1) is 25.8. The van der Waals surface area contributed by atoms with Gasteiger partial charge in [0.05, 0.1) is 10.7 Å². The Kier molecular flexibility index (Phi) is 10.8. The van der Waals surface area contributed by atoms with Crippen molar-refractivity contribution in [2.45, 2.75) is 40.5 Å². The lowest BCUT2D eigenvalue weighted by molar-refractivity contribution is -0.113. The van der Waals surface area contributed by atoms with Gasteiger partial charge >= 0.3 is 0 Å². The molecule has 0 aliphatic carbocycles. The molecule has 0 radical (unpaired) electrons. The zero-order valence-corrected chi connectivity index (χ0v) is 20.4. The molecule has 2 heterocycles. The summed E-state index contributed by atoms with van der Waals surface area (Å²) in [5.74, 6) is 1.73. The third kappa shape index (κ3) is 8.19. The van der Waals surface area contributed by atoms with Crippen LogP contribution in [0.3, 0.4) is 0 Å². The third-order valence-electron chi connectivity index (χ3n) is 4.37. The van der Waals surface area contributed by atoms with Gasteiger partial charge in [-0.25, -0.2) is 9.98 Å². The fourth-order valence-corrected chi connectivity index (χ4v) is 3.21. The highest BCUT2D eigenvalue weighted by molar-refractivity contribution is 8.13. The Labute approximate surface area is 199 Å². The zero-order chi connectivity index (χ0) is 24.1.